The molecule has 0 bridgehead atoms. The Morgan fingerprint density at radius 2 is 2.11 bits per heavy atom. The Morgan fingerprint density at radius 1 is 1.47 bits per heavy atom. The lowest BCUT2D eigenvalue weighted by Crippen LogP contribution is -2.19. The second-order valence-electron chi connectivity index (χ2n) is 4.25. The van der Waals surface area contributed by atoms with Gasteiger partial charge in [-0.25, -0.2) is 4.79 Å². The van der Waals surface area contributed by atoms with Gasteiger partial charge in [0.25, 0.3) is 0 Å². The van der Waals surface area contributed by atoms with Crippen molar-refractivity contribution in [2.45, 2.75) is 26.3 Å². The van der Waals surface area contributed by atoms with Gasteiger partial charge in [-0.15, -0.1) is 0 Å². The van der Waals surface area contributed by atoms with E-state index < -0.39 is 5.97 Å². The fourth-order valence-electron chi connectivity index (χ4n) is 1.71. The molecule has 1 unspecified atom stereocenters. The molecule has 4 nitrogen and oxygen atoms in total. The molecule has 0 saturated carbocycles. The summed E-state index contributed by atoms with van der Waals surface area (Å²) < 4.78 is 0. The van der Waals surface area contributed by atoms with Gasteiger partial charge in [-0.3, -0.25) is 0 Å². The van der Waals surface area contributed by atoms with E-state index in [0.29, 0.717) is 24.1 Å². The van der Waals surface area contributed by atoms with Gasteiger partial charge in [-0.05, 0) is 31.0 Å². The summed E-state index contributed by atoms with van der Waals surface area (Å²) in [5, 5.41) is 20.8. The van der Waals surface area contributed by atoms with Crippen LogP contribution >= 0.6 is 0 Å². The molecule has 0 spiro atoms. The molecular weight excluding hydrogens is 240 g/mol. The van der Waals surface area contributed by atoms with Crippen LogP contribution < -0.4 is 5.32 Å². The summed E-state index contributed by atoms with van der Waals surface area (Å²) in [6, 6.07) is 9.54. The molecule has 0 saturated heterocycles. The van der Waals surface area contributed by atoms with E-state index in [-0.39, 0.29) is 6.04 Å². The number of hydrogen-bond acceptors (Lipinski definition) is 3. The molecule has 19 heavy (non-hydrogen) atoms. The van der Waals surface area contributed by atoms with Crippen molar-refractivity contribution in [3.05, 3.63) is 47.0 Å². The lowest BCUT2D eigenvalue weighted by molar-refractivity contribution is -0.132. The van der Waals surface area contributed by atoms with E-state index in [0.717, 1.165) is 5.56 Å². The van der Waals surface area contributed by atoms with Crippen LogP contribution in [0.2, 0.25) is 0 Å². The maximum absolute atomic E-state index is 10.8. The minimum Gasteiger partial charge on any atom is -0.478 e. The number of benzene rings is 1. The molecule has 100 valence electrons. The van der Waals surface area contributed by atoms with E-state index in [4.69, 9.17) is 10.4 Å². The highest BCUT2D eigenvalue weighted by atomic mass is 16.4. The summed E-state index contributed by atoms with van der Waals surface area (Å²) >= 11 is 0. The average molecular weight is 258 g/mol. The van der Waals surface area contributed by atoms with Crippen molar-refractivity contribution in [1.82, 2.24) is 5.32 Å². The van der Waals surface area contributed by atoms with Gasteiger partial charge in [0.2, 0.25) is 0 Å². The first-order valence-corrected chi connectivity index (χ1v) is 6.24. The topological polar surface area (TPSA) is 73.1 Å². The maximum Gasteiger partial charge on any atom is 0.331 e. The molecule has 1 atom stereocenters. The van der Waals surface area contributed by atoms with Crippen LogP contribution in [0.1, 0.15) is 37.4 Å². The Morgan fingerprint density at radius 3 is 2.58 bits per heavy atom. The molecule has 0 fully saturated rings. The second-order valence-corrected chi connectivity index (χ2v) is 4.25. The Labute approximate surface area is 113 Å². The number of nitrogens with one attached hydrogen (secondary N) is 1. The van der Waals surface area contributed by atoms with Gasteiger partial charge in [0.1, 0.15) is 0 Å². The second kappa shape index (κ2) is 7.34. The zero-order valence-electron chi connectivity index (χ0n) is 11.2. The van der Waals surface area contributed by atoms with Crippen molar-refractivity contribution >= 4 is 5.97 Å². The van der Waals surface area contributed by atoms with Crippen LogP contribution in [-0.4, -0.2) is 17.6 Å². The molecule has 0 aliphatic carbocycles. The van der Waals surface area contributed by atoms with Crippen LogP contribution in [-0.2, 0) is 4.79 Å². The van der Waals surface area contributed by atoms with Gasteiger partial charge in [0.15, 0.2) is 0 Å². The highest BCUT2D eigenvalue weighted by molar-refractivity contribution is 5.86. The average Bonchev–Trinajstić information content (AvgIpc) is 2.43. The van der Waals surface area contributed by atoms with E-state index in [2.05, 4.69) is 11.4 Å². The highest BCUT2D eigenvalue weighted by Gasteiger charge is 2.06. The molecule has 0 radical (unpaired) electrons. The van der Waals surface area contributed by atoms with Crippen molar-refractivity contribution in [1.29, 1.82) is 5.26 Å². The van der Waals surface area contributed by atoms with E-state index in [9.17, 15) is 4.79 Å². The number of carboxylic acid groups (broad SMARTS) is 1. The van der Waals surface area contributed by atoms with E-state index >= 15 is 0 Å². The molecule has 0 aliphatic heterocycles. The number of rotatable bonds is 6. The third kappa shape index (κ3) is 4.57. The van der Waals surface area contributed by atoms with Gasteiger partial charge in [0, 0.05) is 18.2 Å². The fraction of sp³-hybridized carbons (Fsp3) is 0.333. The lowest BCUT2D eigenvalue weighted by Gasteiger charge is -2.13. The summed E-state index contributed by atoms with van der Waals surface area (Å²) in [6.07, 6.45) is 2.21. The minimum atomic E-state index is -0.865. The van der Waals surface area contributed by atoms with Crippen molar-refractivity contribution < 1.29 is 9.90 Å². The molecule has 0 heterocycles. The standard InChI is InChI=1S/C15H18N2O2/c1-3-13(15(18)19)8-9-17-11(2)14-6-4-12(10-16)5-7-14/h4-8,11,17H,3,9H2,1-2H3,(H,18,19)/b13-8-. The predicted molar refractivity (Wildman–Crippen MR) is 73.6 cm³/mol. The summed E-state index contributed by atoms with van der Waals surface area (Å²) in [6.45, 7) is 4.34. The van der Waals surface area contributed by atoms with Crippen LogP contribution in [0.4, 0.5) is 0 Å². The molecule has 0 aliphatic rings. The van der Waals surface area contributed by atoms with Gasteiger partial charge in [0.05, 0.1) is 11.6 Å². The Kier molecular flexibility index (Phi) is 5.77. The number of hydrogen-bond donors (Lipinski definition) is 2. The van der Waals surface area contributed by atoms with Crippen molar-refractivity contribution in [2.75, 3.05) is 6.54 Å². The van der Waals surface area contributed by atoms with Gasteiger partial charge < -0.3 is 10.4 Å². The molecular formula is C15H18N2O2. The molecule has 4 heteroatoms. The van der Waals surface area contributed by atoms with E-state index in [1.807, 2.05) is 26.0 Å². The predicted octanol–water partition coefficient (Wildman–Crippen LogP) is 2.63. The summed E-state index contributed by atoms with van der Waals surface area (Å²) in [4.78, 5) is 10.8. The van der Waals surface area contributed by atoms with Crippen molar-refractivity contribution in [2.24, 2.45) is 0 Å². The summed E-state index contributed by atoms with van der Waals surface area (Å²) in [7, 11) is 0. The van der Waals surface area contributed by atoms with Crippen LogP contribution in [0.3, 0.4) is 0 Å². The molecule has 0 aromatic heterocycles. The lowest BCUT2D eigenvalue weighted by atomic mass is 10.1. The molecule has 0 amide bonds. The zero-order valence-corrected chi connectivity index (χ0v) is 11.2. The molecule has 1 aromatic rings. The first-order chi connectivity index (χ1) is 9.08. The summed E-state index contributed by atoms with van der Waals surface area (Å²) in [5.74, 6) is -0.865. The van der Waals surface area contributed by atoms with Gasteiger partial charge in [-0.2, -0.15) is 5.26 Å². The Hall–Kier alpha value is -2.12. The van der Waals surface area contributed by atoms with Crippen LogP contribution in [0, 0.1) is 11.3 Å². The van der Waals surface area contributed by atoms with E-state index in [1.165, 1.54) is 0 Å². The van der Waals surface area contributed by atoms with Gasteiger partial charge in [-0.1, -0.05) is 25.1 Å². The van der Waals surface area contributed by atoms with Gasteiger partial charge >= 0.3 is 5.97 Å². The van der Waals surface area contributed by atoms with Crippen molar-refractivity contribution in [3.8, 4) is 6.07 Å². The number of carboxylic acids is 1. The molecule has 1 aromatic carbocycles. The normalized spacial score (nSPS) is 12.8. The highest BCUT2D eigenvalue weighted by Crippen LogP contribution is 2.13. The first kappa shape index (κ1) is 14.9. The smallest absolute Gasteiger partial charge is 0.331 e. The van der Waals surface area contributed by atoms with Crippen LogP contribution in [0.5, 0.6) is 0 Å². The first-order valence-electron chi connectivity index (χ1n) is 6.24. The third-order valence-corrected chi connectivity index (χ3v) is 2.97. The largest absolute Gasteiger partial charge is 0.478 e. The van der Waals surface area contributed by atoms with E-state index in [1.54, 1.807) is 18.2 Å². The fourth-order valence-corrected chi connectivity index (χ4v) is 1.71. The quantitative estimate of drug-likeness (QED) is 0.769. The number of carbonyl (C=O) groups is 1. The van der Waals surface area contributed by atoms with Crippen molar-refractivity contribution in [3.63, 3.8) is 0 Å². The molecule has 1 rings (SSSR count). The number of nitriles is 1. The van der Waals surface area contributed by atoms with Crippen LogP contribution in [0.25, 0.3) is 0 Å². The molecule has 2 N–H and O–H groups in total. The zero-order chi connectivity index (χ0) is 14.3. The summed E-state index contributed by atoms with van der Waals surface area (Å²) in [5.41, 5.74) is 2.12. The Balaban J connectivity index is 2.58. The Bertz CT molecular complexity index is 498. The number of aliphatic carboxylic acids is 1. The minimum absolute atomic E-state index is 0.107. The number of nitrogens with zero attached hydrogens (tertiary/aromatic N) is 1. The SMILES string of the molecule is CC/C(=C/CNC(C)c1ccc(C#N)cc1)C(=O)O. The maximum atomic E-state index is 10.8. The third-order valence-electron chi connectivity index (χ3n) is 2.97. The van der Waals surface area contributed by atoms with Crippen LogP contribution in [0.15, 0.2) is 35.9 Å². The monoisotopic (exact) mass is 258 g/mol.